The Balaban J connectivity index is 2.15. The number of hydrogen-bond acceptors (Lipinski definition) is 1. The fraction of sp³-hybridized carbons (Fsp3) is 0.0526. The quantitative estimate of drug-likeness (QED) is 0.413. The lowest BCUT2D eigenvalue weighted by Gasteiger charge is -2.14. The number of nitrogens with zero attached hydrogens (tertiary/aromatic N) is 1. The first kappa shape index (κ1) is 13.6. The minimum atomic E-state index is 0.881. The Morgan fingerprint density at radius 2 is 1.73 bits per heavy atom. The van der Waals surface area contributed by atoms with E-state index in [2.05, 4.69) is 81.7 Å². The number of fused-ring (bicyclic) bond motifs is 3. The van der Waals surface area contributed by atoms with E-state index in [9.17, 15) is 0 Å². The molecule has 0 amide bonds. The molecule has 0 bridgehead atoms. The summed E-state index contributed by atoms with van der Waals surface area (Å²) in [5, 5.41) is 1.27. The van der Waals surface area contributed by atoms with Crippen LogP contribution in [0.1, 0.15) is 0 Å². The molecular weight excluding hydrogens is 385 g/mol. The van der Waals surface area contributed by atoms with Crippen LogP contribution in [0.5, 0.6) is 5.75 Å². The number of rotatable bonds is 2. The van der Waals surface area contributed by atoms with Crippen LogP contribution >= 0.6 is 22.6 Å². The highest BCUT2D eigenvalue weighted by Crippen LogP contribution is 2.36. The second-order valence-corrected chi connectivity index (χ2v) is 6.28. The van der Waals surface area contributed by atoms with Crippen molar-refractivity contribution in [2.75, 3.05) is 7.11 Å². The van der Waals surface area contributed by atoms with Gasteiger partial charge in [0.05, 0.1) is 18.1 Å². The summed E-state index contributed by atoms with van der Waals surface area (Å²) >= 11 is 2.46. The summed E-state index contributed by atoms with van der Waals surface area (Å²) in [5.41, 5.74) is 4.89. The average Bonchev–Trinajstić information content (AvgIpc) is 3.05. The number of aromatic nitrogens is 1. The van der Waals surface area contributed by atoms with Crippen LogP contribution in [0.25, 0.3) is 27.5 Å². The Labute approximate surface area is 142 Å². The molecular formula is C19H14INO. The van der Waals surface area contributed by atoms with E-state index in [0.29, 0.717) is 0 Å². The Morgan fingerprint density at radius 3 is 2.59 bits per heavy atom. The van der Waals surface area contributed by atoms with Gasteiger partial charge in [-0.15, -0.1) is 0 Å². The van der Waals surface area contributed by atoms with Gasteiger partial charge in [0, 0.05) is 20.7 Å². The number of ether oxygens (including phenoxy) is 1. The second kappa shape index (κ2) is 5.32. The molecule has 0 saturated heterocycles. The molecule has 0 spiro atoms. The molecule has 3 heteroatoms. The predicted molar refractivity (Wildman–Crippen MR) is 99.6 cm³/mol. The fourth-order valence-corrected chi connectivity index (χ4v) is 4.01. The highest BCUT2D eigenvalue weighted by Gasteiger charge is 2.14. The third-order valence-electron chi connectivity index (χ3n) is 3.98. The van der Waals surface area contributed by atoms with Crippen LogP contribution in [0.2, 0.25) is 0 Å². The number of halogens is 1. The molecule has 0 N–H and O–H groups in total. The van der Waals surface area contributed by atoms with Crippen LogP contribution in [0.4, 0.5) is 0 Å². The number of hydrogen-bond donors (Lipinski definition) is 0. The van der Waals surface area contributed by atoms with E-state index in [1.54, 1.807) is 7.11 Å². The lowest BCUT2D eigenvalue weighted by molar-refractivity contribution is 0.415. The number of pyridine rings is 1. The van der Waals surface area contributed by atoms with Crippen molar-refractivity contribution in [1.82, 2.24) is 4.40 Å². The molecule has 0 saturated carbocycles. The Morgan fingerprint density at radius 1 is 0.909 bits per heavy atom. The molecule has 2 aromatic carbocycles. The molecule has 0 aliphatic rings. The fourth-order valence-electron chi connectivity index (χ4n) is 2.96. The summed E-state index contributed by atoms with van der Waals surface area (Å²) in [6.07, 6.45) is 2.12. The van der Waals surface area contributed by atoms with Crippen LogP contribution in [0.3, 0.4) is 0 Å². The van der Waals surface area contributed by atoms with E-state index < -0.39 is 0 Å². The molecule has 0 unspecified atom stereocenters. The molecule has 0 atom stereocenters. The maximum absolute atomic E-state index is 5.39. The molecule has 4 rings (SSSR count). The van der Waals surface area contributed by atoms with Gasteiger partial charge < -0.3 is 9.14 Å². The topological polar surface area (TPSA) is 13.6 Å². The van der Waals surface area contributed by atoms with Gasteiger partial charge in [-0.1, -0.05) is 30.3 Å². The van der Waals surface area contributed by atoms with Crippen LogP contribution in [0.15, 0.2) is 66.9 Å². The normalized spacial score (nSPS) is 11.2. The van der Waals surface area contributed by atoms with Crippen LogP contribution < -0.4 is 4.74 Å². The largest absolute Gasteiger partial charge is 0.497 e. The smallest absolute Gasteiger partial charge is 0.119 e. The first-order valence-electron chi connectivity index (χ1n) is 7.11. The van der Waals surface area contributed by atoms with Gasteiger partial charge in [0.25, 0.3) is 0 Å². The standard InChI is InChI=1S/C19H14INO/c1-22-14-7-4-6-13(12-14)18-17-10-5-11-21(17)16-9-3-2-8-15(16)19(18)20/h2-12H,1H3. The van der Waals surface area contributed by atoms with E-state index in [4.69, 9.17) is 4.74 Å². The molecule has 0 radical (unpaired) electrons. The van der Waals surface area contributed by atoms with Gasteiger partial charge in [-0.05, 0) is 58.5 Å². The van der Waals surface area contributed by atoms with E-state index in [-0.39, 0.29) is 0 Å². The minimum Gasteiger partial charge on any atom is -0.497 e. The van der Waals surface area contributed by atoms with Gasteiger partial charge in [-0.25, -0.2) is 0 Å². The maximum Gasteiger partial charge on any atom is 0.119 e. The van der Waals surface area contributed by atoms with Crippen LogP contribution in [-0.2, 0) is 0 Å². The van der Waals surface area contributed by atoms with E-state index >= 15 is 0 Å². The molecule has 2 aromatic heterocycles. The number of benzene rings is 2. The summed E-state index contributed by atoms with van der Waals surface area (Å²) in [4.78, 5) is 0. The van der Waals surface area contributed by atoms with Crippen molar-refractivity contribution < 1.29 is 4.74 Å². The lowest BCUT2D eigenvalue weighted by atomic mass is 10.0. The van der Waals surface area contributed by atoms with Crippen LogP contribution in [0, 0.1) is 3.57 Å². The van der Waals surface area contributed by atoms with Crippen molar-refractivity contribution >= 4 is 39.0 Å². The highest BCUT2D eigenvalue weighted by molar-refractivity contribution is 14.1. The molecule has 4 aromatic rings. The summed E-state index contributed by atoms with van der Waals surface area (Å²) in [7, 11) is 1.71. The first-order valence-corrected chi connectivity index (χ1v) is 8.19. The summed E-state index contributed by atoms with van der Waals surface area (Å²) in [5.74, 6) is 0.881. The van der Waals surface area contributed by atoms with Gasteiger partial charge in [-0.2, -0.15) is 0 Å². The zero-order valence-corrected chi connectivity index (χ0v) is 14.2. The summed E-state index contributed by atoms with van der Waals surface area (Å²) in [6.45, 7) is 0. The van der Waals surface area contributed by atoms with Gasteiger partial charge in [0.1, 0.15) is 5.75 Å². The predicted octanol–water partition coefficient (Wildman–Crippen LogP) is 5.37. The molecule has 0 aliphatic heterocycles. The van der Waals surface area contributed by atoms with Gasteiger partial charge in [0.2, 0.25) is 0 Å². The van der Waals surface area contributed by atoms with Crippen molar-refractivity contribution in [1.29, 1.82) is 0 Å². The Kier molecular flexibility index (Phi) is 3.30. The van der Waals surface area contributed by atoms with Gasteiger partial charge >= 0.3 is 0 Å². The molecule has 2 heterocycles. The van der Waals surface area contributed by atoms with Gasteiger partial charge in [0.15, 0.2) is 0 Å². The van der Waals surface area contributed by atoms with Crippen molar-refractivity contribution in [3.63, 3.8) is 0 Å². The Hall–Kier alpha value is -2.01. The van der Waals surface area contributed by atoms with Gasteiger partial charge in [-0.3, -0.25) is 0 Å². The van der Waals surface area contributed by atoms with Crippen molar-refractivity contribution in [2.24, 2.45) is 0 Å². The highest BCUT2D eigenvalue weighted by atomic mass is 127. The average molecular weight is 399 g/mol. The van der Waals surface area contributed by atoms with Crippen molar-refractivity contribution in [2.45, 2.75) is 0 Å². The maximum atomic E-state index is 5.39. The minimum absolute atomic E-state index is 0.881. The third-order valence-corrected chi connectivity index (χ3v) is 5.10. The van der Waals surface area contributed by atoms with E-state index in [1.807, 2.05) is 12.1 Å². The number of para-hydroxylation sites is 1. The zero-order valence-electron chi connectivity index (χ0n) is 12.1. The Bertz CT molecular complexity index is 987. The number of methoxy groups -OCH3 is 1. The second-order valence-electron chi connectivity index (χ2n) is 5.20. The third kappa shape index (κ3) is 2.00. The summed E-state index contributed by atoms with van der Waals surface area (Å²) < 4.78 is 8.92. The SMILES string of the molecule is COc1cccc(-c2c(I)c3ccccc3n3cccc23)c1. The summed E-state index contributed by atoms with van der Waals surface area (Å²) in [6, 6.07) is 21.1. The molecule has 0 aliphatic carbocycles. The first-order chi connectivity index (χ1) is 10.8. The van der Waals surface area contributed by atoms with E-state index in [1.165, 1.54) is 31.1 Å². The molecule has 2 nitrogen and oxygen atoms in total. The van der Waals surface area contributed by atoms with Crippen molar-refractivity contribution in [3.8, 4) is 16.9 Å². The lowest BCUT2D eigenvalue weighted by Crippen LogP contribution is -1.95. The van der Waals surface area contributed by atoms with Crippen LogP contribution in [-0.4, -0.2) is 11.5 Å². The monoisotopic (exact) mass is 399 g/mol. The van der Waals surface area contributed by atoms with E-state index in [0.717, 1.165) is 5.75 Å². The molecule has 108 valence electrons. The zero-order chi connectivity index (χ0) is 15.1. The van der Waals surface area contributed by atoms with Crippen molar-refractivity contribution in [3.05, 3.63) is 70.4 Å². The molecule has 22 heavy (non-hydrogen) atoms. The molecule has 0 fully saturated rings.